The lowest BCUT2D eigenvalue weighted by molar-refractivity contribution is -0.130. The summed E-state index contributed by atoms with van der Waals surface area (Å²) in [5.41, 5.74) is 7.52. The number of benzene rings is 2. The summed E-state index contributed by atoms with van der Waals surface area (Å²) in [5.74, 6) is -2.09. The number of aromatic carboxylic acids is 1. The second-order valence-corrected chi connectivity index (χ2v) is 4.41. The van der Waals surface area contributed by atoms with Gasteiger partial charge in [0.1, 0.15) is 0 Å². The summed E-state index contributed by atoms with van der Waals surface area (Å²) in [6.45, 7) is 0. The van der Waals surface area contributed by atoms with Crippen molar-refractivity contribution in [1.82, 2.24) is 0 Å². The molecule has 0 aromatic heterocycles. The molecule has 0 fully saturated rings. The Balaban J connectivity index is 2.40. The fraction of sp³-hybridized carbons (Fsp3) is 0. The smallest absolute Gasteiger partial charge is 0.336 e. The largest absolute Gasteiger partial charge is 0.478 e. The summed E-state index contributed by atoms with van der Waals surface area (Å²) in [6.07, 6.45) is 1.49. The molecule has 0 atom stereocenters. The van der Waals surface area contributed by atoms with E-state index < -0.39 is 11.9 Å². The molecule has 0 heterocycles. The van der Waals surface area contributed by atoms with Crippen molar-refractivity contribution in [2.24, 2.45) is 0 Å². The van der Waals surface area contributed by atoms with E-state index in [9.17, 15) is 14.7 Å². The number of nitrogen functional groups attached to an aromatic ring is 1. The average Bonchev–Trinajstić information content (AvgIpc) is 2.46. The van der Waals surface area contributed by atoms with Crippen LogP contribution in [0, 0.1) is 0 Å². The van der Waals surface area contributed by atoms with Crippen LogP contribution in [0.3, 0.4) is 0 Å². The molecule has 0 spiro atoms. The fourth-order valence-corrected chi connectivity index (χ4v) is 1.82. The molecule has 0 bridgehead atoms. The number of nitrogens with two attached hydrogens (primary N) is 1. The average molecular weight is 283 g/mol. The number of carboxylic acid groups (broad SMARTS) is 2. The van der Waals surface area contributed by atoms with Crippen molar-refractivity contribution in [2.75, 3.05) is 5.73 Å². The normalized spacial score (nSPS) is 11.1. The molecule has 2 aromatic rings. The number of anilines is 1. The SMILES string of the molecule is Nc1ccc(/C(=C/c2ccc(C(=O)O)cc2)C(=O)O)cc1. The second-order valence-electron chi connectivity index (χ2n) is 4.41. The number of aliphatic carboxylic acids is 1. The quantitative estimate of drug-likeness (QED) is 0.455. The number of carboxylic acids is 2. The van der Waals surface area contributed by atoms with Gasteiger partial charge in [-0.3, -0.25) is 0 Å². The third-order valence-corrected chi connectivity index (χ3v) is 2.92. The van der Waals surface area contributed by atoms with Crippen LogP contribution < -0.4 is 5.73 Å². The van der Waals surface area contributed by atoms with Gasteiger partial charge in [0.2, 0.25) is 0 Å². The Morgan fingerprint density at radius 3 is 1.86 bits per heavy atom. The van der Waals surface area contributed by atoms with Crippen LogP contribution in [-0.4, -0.2) is 22.2 Å². The van der Waals surface area contributed by atoms with Gasteiger partial charge in [-0.2, -0.15) is 0 Å². The highest BCUT2D eigenvalue weighted by molar-refractivity contribution is 6.20. The number of rotatable bonds is 4. The van der Waals surface area contributed by atoms with Crippen LogP contribution >= 0.6 is 0 Å². The van der Waals surface area contributed by atoms with Gasteiger partial charge in [-0.1, -0.05) is 24.3 Å². The zero-order valence-corrected chi connectivity index (χ0v) is 11.0. The molecule has 0 amide bonds. The molecule has 106 valence electrons. The van der Waals surface area contributed by atoms with Crippen molar-refractivity contribution in [1.29, 1.82) is 0 Å². The standard InChI is InChI=1S/C16H13NO4/c17-13-7-5-11(6-8-13)14(16(20)21)9-10-1-3-12(4-2-10)15(18)19/h1-9H,17H2,(H,18,19)(H,20,21)/b14-9-. The minimum Gasteiger partial charge on any atom is -0.478 e. The van der Waals surface area contributed by atoms with Crippen molar-refractivity contribution in [3.8, 4) is 0 Å². The topological polar surface area (TPSA) is 101 Å². The fourth-order valence-electron chi connectivity index (χ4n) is 1.82. The van der Waals surface area contributed by atoms with Gasteiger partial charge in [-0.05, 0) is 41.5 Å². The molecule has 5 heteroatoms. The Morgan fingerprint density at radius 2 is 1.38 bits per heavy atom. The monoisotopic (exact) mass is 283 g/mol. The molecule has 2 aromatic carbocycles. The van der Waals surface area contributed by atoms with E-state index in [1.54, 1.807) is 36.4 Å². The summed E-state index contributed by atoms with van der Waals surface area (Å²) in [4.78, 5) is 22.1. The molecule has 0 aliphatic rings. The van der Waals surface area contributed by atoms with Gasteiger partial charge in [0.15, 0.2) is 0 Å². The first-order chi connectivity index (χ1) is 9.97. The Labute approximate surface area is 121 Å². The van der Waals surface area contributed by atoms with Crippen molar-refractivity contribution in [2.45, 2.75) is 0 Å². The first-order valence-corrected chi connectivity index (χ1v) is 6.11. The highest BCUT2D eigenvalue weighted by Gasteiger charge is 2.10. The predicted molar refractivity (Wildman–Crippen MR) is 79.8 cm³/mol. The molecule has 5 nitrogen and oxygen atoms in total. The first kappa shape index (κ1) is 14.3. The van der Waals surface area contributed by atoms with Gasteiger partial charge in [0.05, 0.1) is 11.1 Å². The van der Waals surface area contributed by atoms with E-state index >= 15 is 0 Å². The van der Waals surface area contributed by atoms with Gasteiger partial charge >= 0.3 is 11.9 Å². The number of hydrogen-bond acceptors (Lipinski definition) is 3. The molecule has 0 aliphatic carbocycles. The summed E-state index contributed by atoms with van der Waals surface area (Å²) < 4.78 is 0. The van der Waals surface area contributed by atoms with E-state index in [0.717, 1.165) is 0 Å². The van der Waals surface area contributed by atoms with Crippen molar-refractivity contribution >= 4 is 29.3 Å². The summed E-state index contributed by atoms with van der Waals surface area (Å²) in [5, 5.41) is 18.1. The zero-order chi connectivity index (χ0) is 15.4. The lowest BCUT2D eigenvalue weighted by atomic mass is 10.0. The van der Waals surface area contributed by atoms with Crippen molar-refractivity contribution in [3.05, 3.63) is 65.2 Å². The minimum absolute atomic E-state index is 0.109. The maximum atomic E-state index is 11.4. The molecule has 2 rings (SSSR count). The molecule has 4 N–H and O–H groups in total. The Kier molecular flexibility index (Phi) is 4.04. The van der Waals surface area contributed by atoms with Crippen molar-refractivity contribution in [3.63, 3.8) is 0 Å². The maximum Gasteiger partial charge on any atom is 0.336 e. The number of hydrogen-bond donors (Lipinski definition) is 3. The van der Waals surface area contributed by atoms with E-state index in [2.05, 4.69) is 0 Å². The summed E-state index contributed by atoms with van der Waals surface area (Å²) in [7, 11) is 0. The van der Waals surface area contributed by atoms with Crippen LogP contribution in [0.25, 0.3) is 11.6 Å². The van der Waals surface area contributed by atoms with E-state index in [1.807, 2.05) is 0 Å². The highest BCUT2D eigenvalue weighted by atomic mass is 16.4. The van der Waals surface area contributed by atoms with E-state index in [1.165, 1.54) is 18.2 Å². The van der Waals surface area contributed by atoms with Crippen LogP contribution in [0.4, 0.5) is 5.69 Å². The van der Waals surface area contributed by atoms with Gasteiger partial charge in [0, 0.05) is 5.69 Å². The molecule has 0 saturated carbocycles. The Bertz CT molecular complexity index is 700. The van der Waals surface area contributed by atoms with Crippen LogP contribution in [-0.2, 0) is 4.79 Å². The van der Waals surface area contributed by atoms with Crippen molar-refractivity contribution < 1.29 is 19.8 Å². The first-order valence-electron chi connectivity index (χ1n) is 6.11. The Morgan fingerprint density at radius 1 is 0.857 bits per heavy atom. The van der Waals surface area contributed by atoms with E-state index in [4.69, 9.17) is 10.8 Å². The van der Waals surface area contributed by atoms with E-state index in [-0.39, 0.29) is 11.1 Å². The van der Waals surface area contributed by atoms with Gasteiger partial charge in [-0.15, -0.1) is 0 Å². The van der Waals surface area contributed by atoms with Gasteiger partial charge in [0.25, 0.3) is 0 Å². The lowest BCUT2D eigenvalue weighted by Gasteiger charge is -2.04. The zero-order valence-electron chi connectivity index (χ0n) is 11.0. The summed E-state index contributed by atoms with van der Waals surface area (Å²) in [6, 6.07) is 12.5. The third-order valence-electron chi connectivity index (χ3n) is 2.92. The third kappa shape index (κ3) is 3.48. The number of carbonyl (C=O) groups is 2. The molecule has 0 unspecified atom stereocenters. The van der Waals surface area contributed by atoms with Crippen LogP contribution in [0.5, 0.6) is 0 Å². The van der Waals surface area contributed by atoms with Crippen LogP contribution in [0.1, 0.15) is 21.5 Å². The summed E-state index contributed by atoms with van der Waals surface area (Å²) >= 11 is 0. The molecular weight excluding hydrogens is 270 g/mol. The van der Waals surface area contributed by atoms with Crippen LogP contribution in [0.2, 0.25) is 0 Å². The molecule has 21 heavy (non-hydrogen) atoms. The predicted octanol–water partition coefficient (Wildman–Crippen LogP) is 2.59. The maximum absolute atomic E-state index is 11.4. The molecular formula is C16H13NO4. The molecule has 0 radical (unpaired) electrons. The van der Waals surface area contributed by atoms with Crippen LogP contribution in [0.15, 0.2) is 48.5 Å². The molecule has 0 saturated heterocycles. The minimum atomic E-state index is -1.07. The van der Waals surface area contributed by atoms with Gasteiger partial charge in [-0.25, -0.2) is 9.59 Å². The highest BCUT2D eigenvalue weighted by Crippen LogP contribution is 2.20. The van der Waals surface area contributed by atoms with E-state index in [0.29, 0.717) is 16.8 Å². The molecule has 0 aliphatic heterocycles. The Hall–Kier alpha value is -3.08. The lowest BCUT2D eigenvalue weighted by Crippen LogP contribution is -2.00. The van der Waals surface area contributed by atoms with Gasteiger partial charge < -0.3 is 15.9 Å². The second kappa shape index (κ2) is 5.92.